The summed E-state index contributed by atoms with van der Waals surface area (Å²) in [6.07, 6.45) is -3.68. The molecule has 0 fully saturated rings. The molecule has 0 spiro atoms. The van der Waals surface area contributed by atoms with Crippen LogP contribution >= 0.6 is 11.6 Å². The largest absolute Gasteiger partial charge is 0.421 e. The second kappa shape index (κ2) is 7.10. The Kier molecular flexibility index (Phi) is 4.86. The molecule has 0 aliphatic carbocycles. The summed E-state index contributed by atoms with van der Waals surface area (Å²) in [6, 6.07) is 4.49. The van der Waals surface area contributed by atoms with E-state index in [4.69, 9.17) is 11.6 Å². The predicted octanol–water partition coefficient (Wildman–Crippen LogP) is 3.07. The van der Waals surface area contributed by atoms with E-state index < -0.39 is 60.3 Å². The summed E-state index contributed by atoms with van der Waals surface area (Å²) in [4.78, 5) is 24.6. The molecule has 4 aromatic rings. The molecule has 0 amide bonds. The number of alkyl halides is 3. The molecule has 0 atom stereocenters. The molecule has 168 valence electrons. The van der Waals surface area contributed by atoms with Crippen LogP contribution in [0.2, 0.25) is 5.02 Å². The fourth-order valence-electron chi connectivity index (χ4n) is 3.31. The molecule has 2 heterocycles. The molecule has 8 nitrogen and oxygen atoms in total. The second-order valence-corrected chi connectivity index (χ2v) is 9.07. The van der Waals surface area contributed by atoms with Gasteiger partial charge in [0.25, 0.3) is 5.56 Å². The van der Waals surface area contributed by atoms with E-state index in [1.165, 1.54) is 0 Å². The number of sulfone groups is 1. The first-order valence-corrected chi connectivity index (χ1v) is 10.4. The number of hydrogen-bond donors (Lipinski definition) is 2. The first-order valence-electron chi connectivity index (χ1n) is 8.58. The zero-order valence-corrected chi connectivity index (χ0v) is 17.0. The van der Waals surface area contributed by atoms with Crippen molar-refractivity contribution in [2.75, 3.05) is 0 Å². The lowest BCUT2D eigenvalue weighted by Gasteiger charge is -2.12. The third-order valence-corrected chi connectivity index (χ3v) is 6.80. The fourth-order valence-corrected chi connectivity index (χ4v) is 5.00. The van der Waals surface area contributed by atoms with Crippen molar-refractivity contribution in [1.29, 1.82) is 0 Å². The Morgan fingerprint density at radius 3 is 2.47 bits per heavy atom. The van der Waals surface area contributed by atoms with Gasteiger partial charge in [0.15, 0.2) is 0 Å². The van der Waals surface area contributed by atoms with Crippen molar-refractivity contribution in [3.63, 3.8) is 0 Å². The number of H-pyrrole nitrogens is 1. The van der Waals surface area contributed by atoms with Crippen LogP contribution in [0, 0.1) is 5.82 Å². The lowest BCUT2D eigenvalue weighted by atomic mass is 10.2. The van der Waals surface area contributed by atoms with Crippen LogP contribution < -0.4 is 11.2 Å². The minimum atomic E-state index is -4.67. The highest BCUT2D eigenvalue weighted by molar-refractivity contribution is 7.91. The molecule has 0 aliphatic rings. The second-order valence-electron chi connectivity index (χ2n) is 6.74. The molecule has 14 heteroatoms. The molecule has 32 heavy (non-hydrogen) atoms. The van der Waals surface area contributed by atoms with E-state index in [0.29, 0.717) is 10.6 Å². The number of nitrogens with zero attached hydrogens (tertiary/aromatic N) is 2. The Hall–Kier alpha value is -3.32. The molecule has 0 aliphatic heterocycles. The average molecular weight is 492 g/mol. The third-order valence-electron chi connectivity index (χ3n) is 4.71. The minimum absolute atomic E-state index is 0.231. The van der Waals surface area contributed by atoms with Crippen LogP contribution in [0.3, 0.4) is 0 Å². The highest BCUT2D eigenvalue weighted by Gasteiger charge is 2.30. The van der Waals surface area contributed by atoms with E-state index in [1.807, 2.05) is 4.98 Å². The van der Waals surface area contributed by atoms with Gasteiger partial charge in [0, 0.05) is 11.6 Å². The van der Waals surface area contributed by atoms with Crippen molar-refractivity contribution < 1.29 is 31.2 Å². The normalized spacial score (nSPS) is 12.7. The summed E-state index contributed by atoms with van der Waals surface area (Å²) >= 11 is 5.91. The SMILES string of the molecule is O=c1[nH]c2c(S(=O)(=O)c3cc(F)c4ccn(CC(F)(F)F)c4c3)ccc(Cl)c2c(=O)n1O. The predicted molar refractivity (Wildman–Crippen MR) is 104 cm³/mol. The number of nitrogens with one attached hydrogen (secondary N) is 1. The molecular formula is C18H10ClF4N3O5S. The first-order chi connectivity index (χ1) is 14.8. The number of benzene rings is 2. The minimum Gasteiger partial charge on any atom is -0.421 e. The zero-order valence-electron chi connectivity index (χ0n) is 15.4. The van der Waals surface area contributed by atoms with Gasteiger partial charge in [0.05, 0.1) is 31.2 Å². The lowest BCUT2D eigenvalue weighted by Crippen LogP contribution is -2.33. The highest BCUT2D eigenvalue weighted by atomic mass is 35.5. The van der Waals surface area contributed by atoms with Gasteiger partial charge < -0.3 is 14.8 Å². The summed E-state index contributed by atoms with van der Waals surface area (Å²) in [5.41, 5.74) is -3.54. The molecule has 0 unspecified atom stereocenters. The number of halogens is 5. The van der Waals surface area contributed by atoms with Gasteiger partial charge in [-0.3, -0.25) is 4.79 Å². The van der Waals surface area contributed by atoms with Crippen molar-refractivity contribution >= 4 is 43.2 Å². The van der Waals surface area contributed by atoms with Gasteiger partial charge in [-0.1, -0.05) is 16.3 Å². The van der Waals surface area contributed by atoms with Gasteiger partial charge in [-0.15, -0.1) is 0 Å². The van der Waals surface area contributed by atoms with Crippen LogP contribution in [0.25, 0.3) is 21.8 Å². The Morgan fingerprint density at radius 2 is 1.81 bits per heavy atom. The van der Waals surface area contributed by atoms with Crippen LogP contribution in [0.1, 0.15) is 0 Å². The number of hydrogen-bond acceptors (Lipinski definition) is 5. The number of rotatable bonds is 3. The van der Waals surface area contributed by atoms with Crippen molar-refractivity contribution in [2.45, 2.75) is 22.5 Å². The molecule has 0 radical (unpaired) electrons. The van der Waals surface area contributed by atoms with E-state index in [9.17, 15) is 40.8 Å². The van der Waals surface area contributed by atoms with Crippen molar-refractivity contribution in [3.05, 3.63) is 68.2 Å². The maximum Gasteiger partial charge on any atom is 0.406 e. The van der Waals surface area contributed by atoms with Crippen LogP contribution in [0.4, 0.5) is 17.6 Å². The van der Waals surface area contributed by atoms with Crippen LogP contribution in [-0.2, 0) is 16.4 Å². The van der Waals surface area contributed by atoms with Crippen LogP contribution in [0.15, 0.2) is 55.9 Å². The van der Waals surface area contributed by atoms with Crippen molar-refractivity contribution in [2.24, 2.45) is 0 Å². The van der Waals surface area contributed by atoms with Gasteiger partial charge in [0.1, 0.15) is 12.4 Å². The zero-order chi connectivity index (χ0) is 23.6. The number of aromatic amines is 1. The maximum absolute atomic E-state index is 14.6. The maximum atomic E-state index is 14.6. The molecule has 2 aromatic heterocycles. The van der Waals surface area contributed by atoms with Gasteiger partial charge >= 0.3 is 11.9 Å². The molecule has 0 saturated heterocycles. The summed E-state index contributed by atoms with van der Waals surface area (Å²) in [5, 5.41) is 8.45. The fraction of sp³-hybridized carbons (Fsp3) is 0.111. The number of aromatic nitrogens is 3. The lowest BCUT2D eigenvalue weighted by molar-refractivity contribution is -0.139. The topological polar surface area (TPSA) is 114 Å². The Bertz CT molecular complexity index is 1640. The molecule has 0 bridgehead atoms. The quantitative estimate of drug-likeness (QED) is 0.338. The van der Waals surface area contributed by atoms with Crippen molar-refractivity contribution in [3.8, 4) is 0 Å². The van der Waals surface area contributed by atoms with Crippen LogP contribution in [0.5, 0.6) is 0 Å². The van der Waals surface area contributed by atoms with E-state index in [0.717, 1.165) is 30.5 Å². The monoisotopic (exact) mass is 491 g/mol. The highest BCUT2D eigenvalue weighted by Crippen LogP contribution is 2.32. The smallest absolute Gasteiger partial charge is 0.406 e. The van der Waals surface area contributed by atoms with E-state index in [1.54, 1.807) is 0 Å². The summed E-state index contributed by atoms with van der Waals surface area (Å²) in [6.45, 7) is -1.48. The molecule has 4 rings (SSSR count). The Morgan fingerprint density at radius 1 is 1.12 bits per heavy atom. The summed E-state index contributed by atoms with van der Waals surface area (Å²) in [5.74, 6) is -1.09. The van der Waals surface area contributed by atoms with Gasteiger partial charge in [-0.05, 0) is 30.3 Å². The number of fused-ring (bicyclic) bond motifs is 2. The van der Waals surface area contributed by atoms with E-state index in [2.05, 4.69) is 0 Å². The van der Waals surface area contributed by atoms with Gasteiger partial charge in [-0.25, -0.2) is 17.6 Å². The summed E-state index contributed by atoms with van der Waals surface area (Å²) in [7, 11) is -4.67. The molecule has 2 aromatic carbocycles. The standard InChI is InChI=1S/C18H10ClF4N3O5S/c19-10-1-2-13(15-14(10)16(27)26(29)17(28)24-15)32(30,31)8-5-11(20)9-3-4-25(12(9)6-8)7-18(21,22)23/h1-6,29H,7H2,(H,24,28). The van der Waals surface area contributed by atoms with Crippen molar-refractivity contribution in [1.82, 2.24) is 14.3 Å². The van der Waals surface area contributed by atoms with Gasteiger partial charge in [-0.2, -0.15) is 13.2 Å². The summed E-state index contributed by atoms with van der Waals surface area (Å²) < 4.78 is 79.9. The average Bonchev–Trinajstić information content (AvgIpc) is 3.07. The Balaban J connectivity index is 2.02. The molecule has 2 N–H and O–H groups in total. The van der Waals surface area contributed by atoms with E-state index in [-0.39, 0.29) is 20.7 Å². The molecular weight excluding hydrogens is 482 g/mol. The third kappa shape index (κ3) is 3.42. The van der Waals surface area contributed by atoms with E-state index >= 15 is 0 Å². The molecule has 0 saturated carbocycles. The van der Waals surface area contributed by atoms with Gasteiger partial charge in [0.2, 0.25) is 9.84 Å². The van der Waals surface area contributed by atoms with Crippen LogP contribution in [-0.4, -0.2) is 34.1 Å². The first kappa shape index (κ1) is 21.9. The Labute approximate surface area is 179 Å².